The molecule has 3 aliphatic rings. The van der Waals surface area contributed by atoms with Crippen molar-refractivity contribution in [2.45, 2.75) is 137 Å². The quantitative estimate of drug-likeness (QED) is 0.0539. The summed E-state index contributed by atoms with van der Waals surface area (Å²) in [5.41, 5.74) is 0. The highest BCUT2D eigenvalue weighted by atomic mass is 16.8. The molecule has 3 saturated heterocycles. The molecule has 0 amide bonds. The number of hydrogen-bond donors (Lipinski definition) is 9. The van der Waals surface area contributed by atoms with Crippen molar-refractivity contribution < 1.29 is 83.9 Å². The van der Waals surface area contributed by atoms with E-state index in [0.717, 1.165) is 32.1 Å². The van der Waals surface area contributed by atoms with Crippen LogP contribution in [0.3, 0.4) is 0 Å². The SMILES string of the molecule is COC(=O)CCCCCCCCO[C@H]1O[C@H](CO)[C@@H](O)[C@H](O[C@H]2O[C@H](CO)[C@@H](O)[C@H](O)[C@H]2O[C@H]2O[C@H](CO)[C@@H](O)C[C@H]2O)[C@H]1O. The molecule has 17 heteroatoms. The van der Waals surface area contributed by atoms with Crippen molar-refractivity contribution in [3.63, 3.8) is 0 Å². The van der Waals surface area contributed by atoms with Crippen molar-refractivity contribution in [3.05, 3.63) is 0 Å². The maximum atomic E-state index is 11.2. The van der Waals surface area contributed by atoms with Crippen molar-refractivity contribution in [2.24, 2.45) is 0 Å². The molecule has 0 aliphatic carbocycles. The van der Waals surface area contributed by atoms with E-state index in [2.05, 4.69) is 4.74 Å². The van der Waals surface area contributed by atoms with Crippen molar-refractivity contribution >= 4 is 5.97 Å². The van der Waals surface area contributed by atoms with Gasteiger partial charge in [-0.15, -0.1) is 0 Å². The minimum atomic E-state index is -1.79. The van der Waals surface area contributed by atoms with Gasteiger partial charge >= 0.3 is 5.97 Å². The molecular formula is C28H50O17. The maximum Gasteiger partial charge on any atom is 0.305 e. The molecule has 0 spiro atoms. The molecule has 0 bridgehead atoms. The molecule has 45 heavy (non-hydrogen) atoms. The van der Waals surface area contributed by atoms with Crippen LogP contribution in [0.2, 0.25) is 0 Å². The summed E-state index contributed by atoms with van der Waals surface area (Å²) < 4.78 is 38.5. The Morgan fingerprint density at radius 3 is 1.82 bits per heavy atom. The Bertz CT molecular complexity index is 852. The van der Waals surface area contributed by atoms with Crippen LogP contribution in [0.1, 0.15) is 51.4 Å². The van der Waals surface area contributed by atoms with E-state index in [-0.39, 0.29) is 19.0 Å². The van der Waals surface area contributed by atoms with Crippen LogP contribution in [0.4, 0.5) is 0 Å². The van der Waals surface area contributed by atoms with E-state index >= 15 is 0 Å². The molecule has 17 nitrogen and oxygen atoms in total. The minimum Gasteiger partial charge on any atom is -0.469 e. The Morgan fingerprint density at radius 2 is 1.18 bits per heavy atom. The molecule has 3 rings (SSSR count). The van der Waals surface area contributed by atoms with Crippen molar-refractivity contribution in [1.82, 2.24) is 0 Å². The first-order valence-corrected chi connectivity index (χ1v) is 15.4. The van der Waals surface area contributed by atoms with Gasteiger partial charge in [-0.2, -0.15) is 0 Å². The minimum absolute atomic E-state index is 0.169. The average molecular weight is 659 g/mol. The molecule has 264 valence electrons. The third-order valence-electron chi connectivity index (χ3n) is 8.23. The summed E-state index contributed by atoms with van der Waals surface area (Å²) in [6.07, 6.45) is -15.8. The van der Waals surface area contributed by atoms with Gasteiger partial charge in [-0.3, -0.25) is 4.79 Å². The summed E-state index contributed by atoms with van der Waals surface area (Å²) in [5.74, 6) is -0.239. The predicted octanol–water partition coefficient (Wildman–Crippen LogP) is -3.62. The Hall–Kier alpha value is -1.13. The second kappa shape index (κ2) is 19.0. The zero-order valence-electron chi connectivity index (χ0n) is 25.4. The van der Waals surface area contributed by atoms with Crippen LogP contribution >= 0.6 is 0 Å². The first kappa shape index (κ1) is 38.3. The molecule has 3 heterocycles. The molecule has 3 aliphatic heterocycles. The highest BCUT2D eigenvalue weighted by Gasteiger charge is 2.53. The van der Waals surface area contributed by atoms with Gasteiger partial charge in [0.25, 0.3) is 0 Å². The summed E-state index contributed by atoms with van der Waals surface area (Å²) in [4.78, 5) is 11.2. The number of carbonyl (C=O) groups excluding carboxylic acids is 1. The van der Waals surface area contributed by atoms with Crippen molar-refractivity contribution in [2.75, 3.05) is 33.5 Å². The van der Waals surface area contributed by atoms with Gasteiger partial charge in [-0.25, -0.2) is 0 Å². The topological polar surface area (TPSA) is 264 Å². The summed E-state index contributed by atoms with van der Waals surface area (Å²) in [7, 11) is 1.35. The average Bonchev–Trinajstić information content (AvgIpc) is 3.03. The van der Waals surface area contributed by atoms with Gasteiger partial charge in [-0.05, 0) is 12.8 Å². The molecule has 0 aromatic carbocycles. The zero-order chi connectivity index (χ0) is 33.1. The van der Waals surface area contributed by atoms with E-state index in [1.807, 2.05) is 0 Å². The zero-order valence-corrected chi connectivity index (χ0v) is 25.4. The Labute approximate surface area is 261 Å². The highest BCUT2D eigenvalue weighted by molar-refractivity contribution is 5.68. The van der Waals surface area contributed by atoms with E-state index in [1.165, 1.54) is 7.11 Å². The number of carbonyl (C=O) groups is 1. The normalized spacial score (nSPS) is 40.8. The lowest BCUT2D eigenvalue weighted by Gasteiger charge is -2.48. The van der Waals surface area contributed by atoms with Gasteiger partial charge in [0.05, 0.1) is 33.0 Å². The maximum absolute atomic E-state index is 11.2. The third kappa shape index (κ3) is 10.4. The third-order valence-corrected chi connectivity index (χ3v) is 8.23. The lowest BCUT2D eigenvalue weighted by molar-refractivity contribution is -0.384. The number of methoxy groups -OCH3 is 1. The summed E-state index contributed by atoms with van der Waals surface area (Å²) in [6, 6.07) is 0. The first-order valence-electron chi connectivity index (χ1n) is 15.4. The Morgan fingerprint density at radius 1 is 0.622 bits per heavy atom. The molecule has 0 unspecified atom stereocenters. The molecule has 0 aromatic rings. The standard InChI is InChI=1S/C28H50O17/c1-39-19(34)8-6-4-2-3-5-7-9-40-27-23(38)24(21(36)18(13-31)42-27)44-28-25(22(37)20(35)17(12-30)43-28)45-26-15(33)10-14(32)16(11-29)41-26/h14-18,20-33,35-38H,2-13H2,1H3/t14-,15+,16+,17+,18+,20+,21+,22-,23+,24-,25+,26+,27-,28+/m0/s1. The lowest BCUT2D eigenvalue weighted by atomic mass is 9.96. The van der Waals surface area contributed by atoms with Crippen LogP contribution < -0.4 is 0 Å². The number of ether oxygens (including phenoxy) is 7. The fraction of sp³-hybridized carbons (Fsp3) is 0.964. The van der Waals surface area contributed by atoms with Gasteiger partial charge in [-0.1, -0.05) is 25.7 Å². The van der Waals surface area contributed by atoms with E-state index in [4.69, 9.17) is 28.4 Å². The van der Waals surface area contributed by atoms with E-state index < -0.39 is 106 Å². The van der Waals surface area contributed by atoms with Gasteiger partial charge in [0.2, 0.25) is 0 Å². The number of aliphatic hydroxyl groups is 9. The summed E-state index contributed by atoms with van der Waals surface area (Å²) >= 11 is 0. The van der Waals surface area contributed by atoms with E-state index in [9.17, 15) is 50.8 Å². The number of esters is 1. The largest absolute Gasteiger partial charge is 0.469 e. The van der Waals surface area contributed by atoms with Crippen LogP contribution in [-0.2, 0) is 38.0 Å². The van der Waals surface area contributed by atoms with Crippen LogP contribution in [0.15, 0.2) is 0 Å². The number of hydrogen-bond acceptors (Lipinski definition) is 17. The Balaban J connectivity index is 1.62. The van der Waals surface area contributed by atoms with Crippen LogP contribution in [-0.4, -0.2) is 171 Å². The molecule has 0 saturated carbocycles. The van der Waals surface area contributed by atoms with Crippen LogP contribution in [0.5, 0.6) is 0 Å². The van der Waals surface area contributed by atoms with Gasteiger partial charge in [0.15, 0.2) is 18.9 Å². The number of aliphatic hydroxyl groups excluding tert-OH is 9. The monoisotopic (exact) mass is 658 g/mol. The molecule has 0 radical (unpaired) electrons. The second-order valence-corrected chi connectivity index (χ2v) is 11.5. The van der Waals surface area contributed by atoms with Gasteiger partial charge in [0, 0.05) is 19.4 Å². The molecule has 0 aromatic heterocycles. The molecule has 14 atom stereocenters. The summed E-state index contributed by atoms with van der Waals surface area (Å²) in [5, 5.41) is 92.7. The summed E-state index contributed by atoms with van der Waals surface area (Å²) in [6.45, 7) is -1.85. The smallest absolute Gasteiger partial charge is 0.305 e. The number of rotatable bonds is 17. The molecule has 9 N–H and O–H groups in total. The van der Waals surface area contributed by atoms with E-state index in [0.29, 0.717) is 12.8 Å². The Kier molecular flexibility index (Phi) is 16.2. The van der Waals surface area contributed by atoms with Gasteiger partial charge < -0.3 is 79.1 Å². The first-order chi connectivity index (χ1) is 21.6. The van der Waals surface area contributed by atoms with Crippen molar-refractivity contribution in [3.8, 4) is 0 Å². The molecule has 3 fully saturated rings. The number of unbranched alkanes of at least 4 members (excludes halogenated alkanes) is 5. The van der Waals surface area contributed by atoms with Crippen molar-refractivity contribution in [1.29, 1.82) is 0 Å². The van der Waals surface area contributed by atoms with Crippen LogP contribution in [0.25, 0.3) is 0 Å². The fourth-order valence-electron chi connectivity index (χ4n) is 5.50. The van der Waals surface area contributed by atoms with E-state index in [1.54, 1.807) is 0 Å². The van der Waals surface area contributed by atoms with Crippen LogP contribution in [0, 0.1) is 0 Å². The lowest BCUT2D eigenvalue weighted by Crippen LogP contribution is -2.66. The van der Waals surface area contributed by atoms with Gasteiger partial charge in [0.1, 0.15) is 61.0 Å². The fourth-order valence-corrected chi connectivity index (χ4v) is 5.50. The highest BCUT2D eigenvalue weighted by Crippen LogP contribution is 2.33. The second-order valence-electron chi connectivity index (χ2n) is 11.5. The molecular weight excluding hydrogens is 608 g/mol. The predicted molar refractivity (Wildman–Crippen MR) is 148 cm³/mol.